The van der Waals surface area contributed by atoms with Crippen LogP contribution in [0.4, 0.5) is 0 Å². The largest absolute Gasteiger partial charge is 0.480 e. The van der Waals surface area contributed by atoms with Crippen LogP contribution in [0.2, 0.25) is 0 Å². The van der Waals surface area contributed by atoms with Gasteiger partial charge in [-0.2, -0.15) is 0 Å². The van der Waals surface area contributed by atoms with Gasteiger partial charge in [0.05, 0.1) is 22.9 Å². The Morgan fingerprint density at radius 2 is 1.85 bits per heavy atom. The predicted octanol–water partition coefficient (Wildman–Crippen LogP) is 3.50. The molecule has 1 unspecified atom stereocenters. The van der Waals surface area contributed by atoms with Gasteiger partial charge in [0.15, 0.2) is 6.79 Å². The Morgan fingerprint density at radius 3 is 2.50 bits per heavy atom. The number of hydrogen-bond acceptors (Lipinski definition) is 8. The van der Waals surface area contributed by atoms with Crippen molar-refractivity contribution < 1.29 is 23.6 Å². The third kappa shape index (κ3) is 6.39. The van der Waals surface area contributed by atoms with Crippen molar-refractivity contribution in [2.24, 2.45) is 0 Å². The van der Waals surface area contributed by atoms with E-state index in [0.29, 0.717) is 26.8 Å². The minimum absolute atomic E-state index is 0.0830. The Morgan fingerprint density at radius 1 is 1.12 bits per heavy atom. The lowest BCUT2D eigenvalue weighted by atomic mass is 10.1. The molecule has 212 valence electrons. The normalized spacial score (nSPS) is 12.1. The van der Waals surface area contributed by atoms with E-state index >= 15 is 0 Å². The topological polar surface area (TPSA) is 129 Å². The second-order valence-electron chi connectivity index (χ2n) is 8.59. The molecule has 0 radical (unpaired) electrons. The number of ether oxygens (including phenoxy) is 2. The maximum atomic E-state index is 13.7. The molecule has 0 aliphatic carbocycles. The van der Waals surface area contributed by atoms with Crippen molar-refractivity contribution in [3.05, 3.63) is 80.5 Å². The number of thioether (sulfide) groups is 1. The third-order valence-electron chi connectivity index (χ3n) is 6.10. The van der Waals surface area contributed by atoms with E-state index in [-0.39, 0.29) is 25.3 Å². The van der Waals surface area contributed by atoms with Gasteiger partial charge < -0.3 is 14.6 Å². The van der Waals surface area contributed by atoms with Crippen molar-refractivity contribution in [2.75, 3.05) is 25.9 Å². The minimum Gasteiger partial charge on any atom is -0.480 e. The van der Waals surface area contributed by atoms with Gasteiger partial charge in [-0.25, -0.2) is 18.3 Å². The number of carbonyl (C=O) groups is 1. The summed E-state index contributed by atoms with van der Waals surface area (Å²) in [5.41, 5.74) is 0.767. The minimum atomic E-state index is -1.35. The summed E-state index contributed by atoms with van der Waals surface area (Å²) in [6.07, 6.45) is 1.93. The summed E-state index contributed by atoms with van der Waals surface area (Å²) in [5.74, 6) is -0.348. The van der Waals surface area contributed by atoms with Crippen LogP contribution in [0, 0.1) is 0 Å². The van der Waals surface area contributed by atoms with E-state index in [2.05, 4.69) is 4.72 Å². The lowest BCUT2D eigenvalue weighted by Gasteiger charge is -2.13. The van der Waals surface area contributed by atoms with E-state index in [9.17, 15) is 23.7 Å². The number of aliphatic carboxylic acids is 1. The van der Waals surface area contributed by atoms with E-state index in [4.69, 9.17) is 9.47 Å². The summed E-state index contributed by atoms with van der Waals surface area (Å²) in [5, 5.41) is 9.74. The highest BCUT2D eigenvalue weighted by molar-refractivity contribution is 7.98. The van der Waals surface area contributed by atoms with Crippen LogP contribution < -0.4 is 20.7 Å². The Labute approximate surface area is 241 Å². The van der Waals surface area contributed by atoms with Crippen molar-refractivity contribution in [3.63, 3.8) is 0 Å². The zero-order valence-electron chi connectivity index (χ0n) is 22.2. The van der Waals surface area contributed by atoms with Gasteiger partial charge in [0.25, 0.3) is 5.56 Å². The maximum Gasteiger partial charge on any atom is 0.332 e. The fraction of sp³-hybridized carbons (Fsp3) is 0.296. The van der Waals surface area contributed by atoms with E-state index in [1.807, 2.05) is 42.7 Å². The molecule has 2 heterocycles. The summed E-state index contributed by atoms with van der Waals surface area (Å²) in [7, 11) is 0.180. The highest BCUT2D eigenvalue weighted by Gasteiger charge is 2.24. The maximum absolute atomic E-state index is 13.7. The molecule has 0 bridgehead atoms. The van der Waals surface area contributed by atoms with Crippen LogP contribution in [-0.4, -0.2) is 50.3 Å². The van der Waals surface area contributed by atoms with Crippen LogP contribution in [0.5, 0.6) is 5.75 Å². The van der Waals surface area contributed by atoms with Gasteiger partial charge in [0.1, 0.15) is 17.1 Å². The number of aromatic nitrogens is 2. The molecular weight excluding hydrogens is 575 g/mol. The summed E-state index contributed by atoms with van der Waals surface area (Å²) < 4.78 is 27.9. The number of benzene rings is 2. The number of hydrogen-bond donors (Lipinski definition) is 2. The van der Waals surface area contributed by atoms with Crippen molar-refractivity contribution in [3.8, 4) is 16.2 Å². The molecule has 4 aromatic rings. The van der Waals surface area contributed by atoms with Crippen molar-refractivity contribution in [1.29, 1.82) is 0 Å². The molecule has 0 aliphatic heterocycles. The average Bonchev–Trinajstić information content (AvgIpc) is 3.34. The molecule has 0 aliphatic rings. The Bertz CT molecular complexity index is 1660. The van der Waals surface area contributed by atoms with Gasteiger partial charge in [-0.3, -0.25) is 14.2 Å². The number of nitrogens with one attached hydrogen (secondary N) is 1. The zero-order chi connectivity index (χ0) is 28.8. The monoisotopic (exact) mass is 603 g/mol. The molecule has 10 nitrogen and oxygen atoms in total. The summed E-state index contributed by atoms with van der Waals surface area (Å²) in [4.78, 5) is 41.1. The molecule has 2 aromatic carbocycles. The van der Waals surface area contributed by atoms with Crippen LogP contribution in [-0.2, 0) is 40.2 Å². The summed E-state index contributed by atoms with van der Waals surface area (Å²) in [6, 6.07) is 14.8. The van der Waals surface area contributed by atoms with Crippen LogP contribution >= 0.6 is 23.1 Å². The van der Waals surface area contributed by atoms with Crippen LogP contribution in [0.1, 0.15) is 18.1 Å². The number of carboxylic acid groups (broad SMARTS) is 1. The first kappa shape index (κ1) is 29.7. The quantitative estimate of drug-likeness (QED) is 0.176. The Kier molecular flexibility index (Phi) is 9.98. The van der Waals surface area contributed by atoms with E-state index in [1.165, 1.54) is 34.8 Å². The highest BCUT2D eigenvalue weighted by Crippen LogP contribution is 2.38. The molecule has 0 fully saturated rings. The first-order valence-corrected chi connectivity index (χ1v) is 15.6. The van der Waals surface area contributed by atoms with Crippen LogP contribution in [0.15, 0.2) is 63.0 Å². The highest BCUT2D eigenvalue weighted by atomic mass is 32.2. The SMILES string of the molecule is CCS(=O)NCc1c(-c2ccc(OCOC)cc2)sc2c1c(=O)n(CC(=O)O)c(=O)n2Cc1ccccc1SC. The molecule has 2 N–H and O–H groups in total. The van der Waals surface area contributed by atoms with E-state index in [1.54, 1.807) is 19.1 Å². The van der Waals surface area contributed by atoms with Gasteiger partial charge in [-0.1, -0.05) is 25.1 Å². The Hall–Kier alpha value is -3.23. The number of fused-ring (bicyclic) bond motifs is 1. The molecule has 4 rings (SSSR count). The van der Waals surface area contributed by atoms with Crippen molar-refractivity contribution in [2.45, 2.75) is 31.5 Å². The predicted molar refractivity (Wildman–Crippen MR) is 159 cm³/mol. The smallest absolute Gasteiger partial charge is 0.332 e. The molecule has 40 heavy (non-hydrogen) atoms. The fourth-order valence-corrected chi connectivity index (χ4v) is 6.65. The van der Waals surface area contributed by atoms with Crippen LogP contribution in [0.25, 0.3) is 20.7 Å². The van der Waals surface area contributed by atoms with Gasteiger partial charge in [-0.15, -0.1) is 23.1 Å². The van der Waals surface area contributed by atoms with Crippen LogP contribution in [0.3, 0.4) is 0 Å². The second-order valence-corrected chi connectivity index (χ2v) is 12.0. The average molecular weight is 604 g/mol. The van der Waals surface area contributed by atoms with Crippen molar-refractivity contribution in [1.82, 2.24) is 13.9 Å². The molecule has 1 atom stereocenters. The molecule has 0 saturated heterocycles. The molecule has 2 aromatic heterocycles. The number of rotatable bonds is 13. The number of carboxylic acids is 1. The third-order valence-corrected chi connectivity index (χ3v) is 9.23. The van der Waals surface area contributed by atoms with E-state index < -0.39 is 34.7 Å². The summed E-state index contributed by atoms with van der Waals surface area (Å²) >= 11 is 2.80. The molecule has 0 saturated carbocycles. The molecule has 0 amide bonds. The van der Waals surface area contributed by atoms with E-state index in [0.717, 1.165) is 20.6 Å². The fourth-order valence-electron chi connectivity index (χ4n) is 4.22. The zero-order valence-corrected chi connectivity index (χ0v) is 24.6. The summed E-state index contributed by atoms with van der Waals surface area (Å²) in [6.45, 7) is 1.31. The van der Waals surface area contributed by atoms with Gasteiger partial charge in [0.2, 0.25) is 0 Å². The lowest BCUT2D eigenvalue weighted by Crippen LogP contribution is -2.41. The lowest BCUT2D eigenvalue weighted by molar-refractivity contribution is -0.137. The van der Waals surface area contributed by atoms with Gasteiger partial charge >= 0.3 is 11.7 Å². The van der Waals surface area contributed by atoms with Gasteiger partial charge in [-0.05, 0) is 47.7 Å². The van der Waals surface area contributed by atoms with Gasteiger partial charge in [0, 0.05) is 34.7 Å². The Balaban J connectivity index is 2.00. The molecule has 13 heteroatoms. The molecule has 0 spiro atoms. The number of nitrogens with zero attached hydrogens (tertiary/aromatic N) is 2. The van der Waals surface area contributed by atoms with Crippen molar-refractivity contribution >= 4 is 50.3 Å². The number of thiophene rings is 1. The first-order valence-electron chi connectivity index (χ1n) is 12.3. The number of methoxy groups -OCH3 is 1. The standard InChI is InChI=1S/C27H29N3O7S3/c1-4-40(35)28-13-20-23-25(33)29(15-22(31)32)27(34)30(14-18-7-5-6-8-21(18)38-3)26(23)39-24(20)17-9-11-19(12-10-17)37-16-36-2/h5-12,28H,4,13-16H2,1-3H3,(H,31,32). The first-order chi connectivity index (χ1) is 19.3. The second kappa shape index (κ2) is 13.4. The molecular formula is C27H29N3O7S3.